The maximum Gasteiger partial charge on any atom is 0.250 e. The van der Waals surface area contributed by atoms with Gasteiger partial charge in [0.15, 0.2) is 0 Å². The summed E-state index contributed by atoms with van der Waals surface area (Å²) in [5.41, 5.74) is 0.128. The van der Waals surface area contributed by atoms with Crippen molar-refractivity contribution in [1.82, 2.24) is 4.90 Å². The summed E-state index contributed by atoms with van der Waals surface area (Å²) in [5.74, 6) is -0.879. The van der Waals surface area contributed by atoms with E-state index in [1.807, 2.05) is 6.92 Å². The van der Waals surface area contributed by atoms with Crippen molar-refractivity contribution in [3.05, 3.63) is 48.5 Å². The zero-order valence-electron chi connectivity index (χ0n) is 23.6. The Labute approximate surface area is 240 Å². The molecule has 0 radical (unpaired) electrons. The Bertz CT molecular complexity index is 1240. The van der Waals surface area contributed by atoms with Gasteiger partial charge in [0, 0.05) is 24.5 Å². The van der Waals surface area contributed by atoms with Gasteiger partial charge in [-0.15, -0.1) is 0 Å². The number of anilines is 2. The third kappa shape index (κ3) is 5.63. The molecule has 3 heterocycles. The van der Waals surface area contributed by atoms with Gasteiger partial charge in [-0.2, -0.15) is 0 Å². The van der Waals surface area contributed by atoms with Crippen LogP contribution in [-0.4, -0.2) is 72.3 Å². The number of carbonyl (C=O) groups is 3. The van der Waals surface area contributed by atoms with Crippen molar-refractivity contribution in [2.45, 2.75) is 63.2 Å². The molecule has 41 heavy (non-hydrogen) atoms. The molecule has 2 aromatic rings. The number of hydrogen-bond acceptors (Lipinski definition) is 7. The van der Waals surface area contributed by atoms with Crippen LogP contribution < -0.4 is 20.1 Å². The van der Waals surface area contributed by atoms with Crippen LogP contribution in [0.2, 0.25) is 0 Å². The standard InChI is InChI=1S/C31H39N3O7/c1-3-40-23-14-10-20(11-15-23)32-28(36)25-24-16-17-31(41-24)26(25)30(38)34(18-6-4-5-7-19-35)27(31)29(37)33-21-8-12-22(39-2)13-9-21/h8-15,24-27,35H,3-7,16-19H2,1-2H3,(H,32,36)(H,33,37)/t24-,25+,26-,27?,31?/m0/s1. The topological polar surface area (TPSA) is 126 Å². The van der Waals surface area contributed by atoms with Crippen molar-refractivity contribution < 1.29 is 33.7 Å². The number of aliphatic hydroxyl groups excluding tert-OH is 1. The van der Waals surface area contributed by atoms with E-state index in [9.17, 15) is 14.4 Å². The molecule has 5 rings (SSSR count). The molecule has 3 aliphatic rings. The third-order valence-electron chi connectivity index (χ3n) is 8.45. The van der Waals surface area contributed by atoms with E-state index >= 15 is 0 Å². The van der Waals surface area contributed by atoms with Crippen LogP contribution in [0.3, 0.4) is 0 Å². The Morgan fingerprint density at radius 3 is 2.24 bits per heavy atom. The molecule has 2 aromatic carbocycles. The minimum absolute atomic E-state index is 0.126. The number of nitrogens with one attached hydrogen (secondary N) is 2. The molecule has 3 amide bonds. The molecule has 10 heteroatoms. The van der Waals surface area contributed by atoms with Gasteiger partial charge >= 0.3 is 0 Å². The van der Waals surface area contributed by atoms with Crippen LogP contribution >= 0.6 is 0 Å². The number of amides is 3. The number of methoxy groups -OCH3 is 1. The second kappa shape index (κ2) is 12.5. The van der Waals surface area contributed by atoms with Crippen molar-refractivity contribution in [1.29, 1.82) is 0 Å². The van der Waals surface area contributed by atoms with E-state index in [0.717, 1.165) is 12.8 Å². The lowest BCUT2D eigenvalue weighted by molar-refractivity contribution is -0.139. The maximum atomic E-state index is 14.0. The zero-order valence-corrected chi connectivity index (χ0v) is 23.6. The molecule has 2 unspecified atom stereocenters. The summed E-state index contributed by atoms with van der Waals surface area (Å²) in [6, 6.07) is 13.3. The number of carbonyl (C=O) groups excluding carboxylic acids is 3. The maximum absolute atomic E-state index is 14.0. The number of aliphatic hydroxyl groups is 1. The van der Waals surface area contributed by atoms with Crippen molar-refractivity contribution >= 4 is 29.1 Å². The molecule has 2 bridgehead atoms. The van der Waals surface area contributed by atoms with Crippen LogP contribution in [-0.2, 0) is 19.1 Å². The van der Waals surface area contributed by atoms with E-state index in [1.165, 1.54) is 0 Å². The van der Waals surface area contributed by atoms with E-state index in [-0.39, 0.29) is 24.3 Å². The quantitative estimate of drug-likeness (QED) is 0.317. The van der Waals surface area contributed by atoms with Crippen LogP contribution in [0.4, 0.5) is 11.4 Å². The molecule has 3 N–H and O–H groups in total. The van der Waals surface area contributed by atoms with Crippen LogP contribution in [0.25, 0.3) is 0 Å². The molecule has 0 aromatic heterocycles. The molecular formula is C31H39N3O7. The van der Waals surface area contributed by atoms with Crippen LogP contribution in [0.5, 0.6) is 11.5 Å². The fourth-order valence-electron chi connectivity index (χ4n) is 6.65. The number of nitrogens with zero attached hydrogens (tertiary/aromatic N) is 1. The molecule has 5 atom stereocenters. The highest BCUT2D eigenvalue weighted by Gasteiger charge is 2.74. The lowest BCUT2D eigenvalue weighted by Gasteiger charge is -2.33. The fraction of sp³-hybridized carbons (Fsp3) is 0.516. The van der Waals surface area contributed by atoms with Gasteiger partial charge in [0.1, 0.15) is 23.1 Å². The molecule has 0 aliphatic carbocycles. The Hall–Kier alpha value is -3.63. The summed E-state index contributed by atoms with van der Waals surface area (Å²) >= 11 is 0. The third-order valence-corrected chi connectivity index (χ3v) is 8.45. The second-order valence-corrected chi connectivity index (χ2v) is 10.9. The average molecular weight is 566 g/mol. The summed E-state index contributed by atoms with van der Waals surface area (Å²) in [6.07, 6.45) is 3.73. The van der Waals surface area contributed by atoms with Gasteiger partial charge in [0.2, 0.25) is 17.7 Å². The van der Waals surface area contributed by atoms with E-state index in [2.05, 4.69) is 10.6 Å². The first kappa shape index (κ1) is 28.9. The lowest BCUT2D eigenvalue weighted by Crippen LogP contribution is -2.53. The summed E-state index contributed by atoms with van der Waals surface area (Å²) < 4.78 is 17.2. The Kier molecular flexibility index (Phi) is 8.79. The van der Waals surface area contributed by atoms with E-state index in [4.69, 9.17) is 19.3 Å². The Morgan fingerprint density at radius 2 is 1.61 bits per heavy atom. The molecule has 1 spiro atoms. The summed E-state index contributed by atoms with van der Waals surface area (Å²) in [6.45, 7) is 2.96. The molecule has 10 nitrogen and oxygen atoms in total. The number of rotatable bonds is 13. The SMILES string of the molecule is CCOc1ccc(NC(=O)[C@@H]2[C@@H]3CCC4(O3)C(C(=O)Nc3ccc(OC)cc3)N(CCCCCCO)C(=O)[C@H]24)cc1. The van der Waals surface area contributed by atoms with Gasteiger partial charge in [0.25, 0.3) is 0 Å². The highest BCUT2D eigenvalue weighted by Crippen LogP contribution is 2.58. The monoisotopic (exact) mass is 565 g/mol. The molecule has 0 saturated carbocycles. The van der Waals surface area contributed by atoms with Crippen LogP contribution in [0.1, 0.15) is 45.4 Å². The fourth-order valence-corrected chi connectivity index (χ4v) is 6.65. The number of hydrogen-bond donors (Lipinski definition) is 3. The van der Waals surface area contributed by atoms with Crippen molar-refractivity contribution in [3.63, 3.8) is 0 Å². The molecule has 220 valence electrons. The van der Waals surface area contributed by atoms with E-state index < -0.39 is 29.6 Å². The minimum Gasteiger partial charge on any atom is -0.497 e. The van der Waals surface area contributed by atoms with Gasteiger partial charge in [-0.3, -0.25) is 14.4 Å². The molecule has 3 aliphatic heterocycles. The van der Waals surface area contributed by atoms with Gasteiger partial charge < -0.3 is 34.9 Å². The van der Waals surface area contributed by atoms with Gasteiger partial charge in [-0.1, -0.05) is 12.8 Å². The van der Waals surface area contributed by atoms with Crippen molar-refractivity contribution in [3.8, 4) is 11.5 Å². The van der Waals surface area contributed by atoms with Crippen LogP contribution in [0, 0.1) is 11.8 Å². The molecule has 3 fully saturated rings. The first-order chi connectivity index (χ1) is 19.9. The molecular weight excluding hydrogens is 526 g/mol. The predicted octanol–water partition coefficient (Wildman–Crippen LogP) is 3.60. The van der Waals surface area contributed by atoms with Crippen molar-refractivity contribution in [2.75, 3.05) is 37.5 Å². The summed E-state index contributed by atoms with van der Waals surface area (Å²) in [7, 11) is 1.58. The van der Waals surface area contributed by atoms with Gasteiger partial charge in [-0.25, -0.2) is 0 Å². The highest BCUT2D eigenvalue weighted by molar-refractivity contribution is 6.05. The van der Waals surface area contributed by atoms with Crippen LogP contribution in [0.15, 0.2) is 48.5 Å². The normalized spacial score (nSPS) is 26.1. The zero-order chi connectivity index (χ0) is 29.0. The van der Waals surface area contributed by atoms with E-state index in [1.54, 1.807) is 60.5 Å². The first-order valence-corrected chi connectivity index (χ1v) is 14.5. The predicted molar refractivity (Wildman–Crippen MR) is 153 cm³/mol. The number of fused-ring (bicyclic) bond motifs is 1. The first-order valence-electron chi connectivity index (χ1n) is 14.5. The Morgan fingerprint density at radius 1 is 0.976 bits per heavy atom. The van der Waals surface area contributed by atoms with E-state index in [0.29, 0.717) is 61.7 Å². The smallest absolute Gasteiger partial charge is 0.250 e. The molecule has 3 saturated heterocycles. The van der Waals surface area contributed by atoms with Gasteiger partial charge in [-0.05, 0) is 81.1 Å². The number of unbranched alkanes of at least 4 members (excludes halogenated alkanes) is 3. The largest absolute Gasteiger partial charge is 0.497 e. The Balaban J connectivity index is 1.38. The minimum atomic E-state index is -1.07. The lowest BCUT2D eigenvalue weighted by atomic mass is 9.70. The van der Waals surface area contributed by atoms with Gasteiger partial charge in [0.05, 0.1) is 31.7 Å². The second-order valence-electron chi connectivity index (χ2n) is 10.9. The summed E-state index contributed by atoms with van der Waals surface area (Å²) in [5, 5.41) is 15.1. The summed E-state index contributed by atoms with van der Waals surface area (Å²) in [4.78, 5) is 43.2. The average Bonchev–Trinajstić information content (AvgIpc) is 3.62. The number of benzene rings is 2. The number of ether oxygens (including phenoxy) is 3. The highest BCUT2D eigenvalue weighted by atomic mass is 16.5. The number of likely N-dealkylation sites (tertiary alicyclic amines) is 1. The van der Waals surface area contributed by atoms with Crippen molar-refractivity contribution in [2.24, 2.45) is 11.8 Å².